The van der Waals surface area contributed by atoms with E-state index in [9.17, 15) is 13.2 Å². The highest BCUT2D eigenvalue weighted by molar-refractivity contribution is 5.79. The van der Waals surface area contributed by atoms with Gasteiger partial charge in [-0.15, -0.1) is 0 Å². The van der Waals surface area contributed by atoms with Gasteiger partial charge in [0.1, 0.15) is 0 Å². The fourth-order valence-corrected chi connectivity index (χ4v) is 2.36. The van der Waals surface area contributed by atoms with E-state index in [2.05, 4.69) is 5.10 Å². The number of alkyl halides is 3. The zero-order chi connectivity index (χ0) is 13.5. The van der Waals surface area contributed by atoms with Crippen LogP contribution in [0.25, 0.3) is 10.9 Å². The number of halogens is 3. The molecule has 2 aromatic rings. The van der Waals surface area contributed by atoms with E-state index in [1.165, 1.54) is 6.07 Å². The highest BCUT2D eigenvalue weighted by atomic mass is 19.4. The number of ether oxygens (including phenoxy) is 1. The zero-order valence-electron chi connectivity index (χ0n) is 10.2. The van der Waals surface area contributed by atoms with Crippen LogP contribution in [0, 0.1) is 0 Å². The summed E-state index contributed by atoms with van der Waals surface area (Å²) >= 11 is 0. The molecule has 19 heavy (non-hydrogen) atoms. The molecule has 1 aliphatic rings. The molecule has 0 N–H and O–H groups in total. The molecule has 0 radical (unpaired) electrons. The molecule has 0 saturated carbocycles. The van der Waals surface area contributed by atoms with Crippen LogP contribution in [0.3, 0.4) is 0 Å². The van der Waals surface area contributed by atoms with Gasteiger partial charge in [-0.25, -0.2) is 4.68 Å². The van der Waals surface area contributed by atoms with Gasteiger partial charge in [0.25, 0.3) is 0 Å². The second-order valence-corrected chi connectivity index (χ2v) is 4.68. The van der Waals surface area contributed by atoms with Crippen LogP contribution in [-0.2, 0) is 10.9 Å². The van der Waals surface area contributed by atoms with Crippen molar-refractivity contribution in [2.45, 2.75) is 31.7 Å². The van der Waals surface area contributed by atoms with E-state index in [4.69, 9.17) is 4.74 Å². The molecular weight excluding hydrogens is 257 g/mol. The second kappa shape index (κ2) is 4.52. The maximum Gasteiger partial charge on any atom is 0.416 e. The van der Waals surface area contributed by atoms with Gasteiger partial charge >= 0.3 is 6.18 Å². The minimum Gasteiger partial charge on any atom is -0.356 e. The topological polar surface area (TPSA) is 27.1 Å². The third-order valence-corrected chi connectivity index (χ3v) is 3.35. The van der Waals surface area contributed by atoms with Crippen LogP contribution in [0.15, 0.2) is 24.4 Å². The minimum absolute atomic E-state index is 0.255. The van der Waals surface area contributed by atoms with E-state index in [0.29, 0.717) is 17.5 Å². The van der Waals surface area contributed by atoms with Crippen LogP contribution in [-0.4, -0.2) is 16.4 Å². The molecule has 2 heterocycles. The molecule has 0 bridgehead atoms. The molecule has 1 aromatic heterocycles. The van der Waals surface area contributed by atoms with Gasteiger partial charge in [-0.3, -0.25) is 0 Å². The van der Waals surface area contributed by atoms with E-state index in [1.54, 1.807) is 10.9 Å². The Morgan fingerprint density at radius 3 is 2.79 bits per heavy atom. The fourth-order valence-electron chi connectivity index (χ4n) is 2.36. The molecule has 1 aromatic carbocycles. The molecule has 0 spiro atoms. The summed E-state index contributed by atoms with van der Waals surface area (Å²) in [6.45, 7) is 0.630. The van der Waals surface area contributed by atoms with Crippen molar-refractivity contribution in [1.29, 1.82) is 0 Å². The van der Waals surface area contributed by atoms with Crippen molar-refractivity contribution in [2.24, 2.45) is 0 Å². The quantitative estimate of drug-likeness (QED) is 0.789. The summed E-state index contributed by atoms with van der Waals surface area (Å²) in [7, 11) is 0. The van der Waals surface area contributed by atoms with E-state index >= 15 is 0 Å². The number of fused-ring (bicyclic) bond motifs is 1. The molecule has 1 fully saturated rings. The first-order valence-electron chi connectivity index (χ1n) is 6.22. The van der Waals surface area contributed by atoms with Crippen molar-refractivity contribution in [3.63, 3.8) is 0 Å². The standard InChI is InChI=1S/C13H13F3N2O/c14-13(15,16)10-5-4-9-8-17-18(11(9)7-10)12-3-1-2-6-19-12/h4-5,7-8,12H,1-3,6H2. The monoisotopic (exact) mass is 270 g/mol. The van der Waals surface area contributed by atoms with Gasteiger partial charge in [0.15, 0.2) is 6.23 Å². The van der Waals surface area contributed by atoms with E-state index in [0.717, 1.165) is 31.4 Å². The lowest BCUT2D eigenvalue weighted by Crippen LogP contribution is -2.19. The van der Waals surface area contributed by atoms with E-state index in [-0.39, 0.29) is 6.23 Å². The van der Waals surface area contributed by atoms with Crippen LogP contribution in [0.2, 0.25) is 0 Å². The van der Waals surface area contributed by atoms with Gasteiger partial charge in [0, 0.05) is 12.0 Å². The average molecular weight is 270 g/mol. The molecule has 6 heteroatoms. The Kier molecular flexibility index (Phi) is 2.97. The summed E-state index contributed by atoms with van der Waals surface area (Å²) < 4.78 is 45.3. The van der Waals surface area contributed by atoms with Gasteiger partial charge in [0.05, 0.1) is 17.3 Å². The Balaban J connectivity index is 2.05. The van der Waals surface area contributed by atoms with Crippen LogP contribution >= 0.6 is 0 Å². The summed E-state index contributed by atoms with van der Waals surface area (Å²) in [5, 5.41) is 4.86. The van der Waals surface area contributed by atoms with Gasteiger partial charge in [-0.2, -0.15) is 18.3 Å². The van der Waals surface area contributed by atoms with Crippen molar-refractivity contribution < 1.29 is 17.9 Å². The zero-order valence-corrected chi connectivity index (χ0v) is 10.2. The molecule has 102 valence electrons. The van der Waals surface area contributed by atoms with Crippen LogP contribution in [0.5, 0.6) is 0 Å². The SMILES string of the molecule is FC(F)(F)c1ccc2cnn(C3CCCCO3)c2c1. The maximum absolute atomic E-state index is 12.7. The minimum atomic E-state index is -4.34. The number of rotatable bonds is 1. The molecular formula is C13H13F3N2O. The summed E-state index contributed by atoms with van der Waals surface area (Å²) in [5.41, 5.74) is -0.181. The number of hydrogen-bond donors (Lipinski definition) is 0. The first kappa shape index (κ1) is 12.5. The fraction of sp³-hybridized carbons (Fsp3) is 0.462. The van der Waals surface area contributed by atoms with E-state index in [1.807, 2.05) is 0 Å². The molecule has 1 saturated heterocycles. The van der Waals surface area contributed by atoms with Crippen molar-refractivity contribution in [3.05, 3.63) is 30.0 Å². The highest BCUT2D eigenvalue weighted by Crippen LogP contribution is 2.33. The lowest BCUT2D eigenvalue weighted by atomic mass is 10.1. The first-order chi connectivity index (χ1) is 9.05. The van der Waals surface area contributed by atoms with Crippen LogP contribution < -0.4 is 0 Å². The summed E-state index contributed by atoms with van der Waals surface area (Å²) in [6, 6.07) is 3.67. The third kappa shape index (κ3) is 2.32. The van der Waals surface area contributed by atoms with Crippen molar-refractivity contribution in [3.8, 4) is 0 Å². The van der Waals surface area contributed by atoms with Crippen LogP contribution in [0.4, 0.5) is 13.2 Å². The number of aromatic nitrogens is 2. The average Bonchev–Trinajstić information content (AvgIpc) is 2.81. The predicted octanol–water partition coefficient (Wildman–Crippen LogP) is 3.75. The lowest BCUT2D eigenvalue weighted by molar-refractivity contribution is -0.137. The lowest BCUT2D eigenvalue weighted by Gasteiger charge is -2.23. The summed E-state index contributed by atoms with van der Waals surface area (Å²) in [4.78, 5) is 0. The predicted molar refractivity (Wildman–Crippen MR) is 63.6 cm³/mol. The normalized spacial score (nSPS) is 20.9. The van der Waals surface area contributed by atoms with Crippen molar-refractivity contribution in [2.75, 3.05) is 6.61 Å². The van der Waals surface area contributed by atoms with Gasteiger partial charge in [-0.1, -0.05) is 6.07 Å². The number of nitrogens with zero attached hydrogens (tertiary/aromatic N) is 2. The molecule has 0 aliphatic carbocycles. The summed E-state index contributed by atoms with van der Waals surface area (Å²) in [5.74, 6) is 0. The Morgan fingerprint density at radius 1 is 1.26 bits per heavy atom. The number of benzene rings is 1. The molecule has 1 atom stereocenters. The second-order valence-electron chi connectivity index (χ2n) is 4.68. The van der Waals surface area contributed by atoms with Crippen molar-refractivity contribution >= 4 is 10.9 Å². The Morgan fingerprint density at radius 2 is 2.11 bits per heavy atom. The largest absolute Gasteiger partial charge is 0.416 e. The van der Waals surface area contributed by atoms with Crippen LogP contribution in [0.1, 0.15) is 31.1 Å². The first-order valence-corrected chi connectivity index (χ1v) is 6.22. The third-order valence-electron chi connectivity index (χ3n) is 3.35. The van der Waals surface area contributed by atoms with Gasteiger partial charge in [0.2, 0.25) is 0 Å². The maximum atomic E-state index is 12.7. The molecule has 1 unspecified atom stereocenters. The number of hydrogen-bond acceptors (Lipinski definition) is 2. The smallest absolute Gasteiger partial charge is 0.356 e. The molecule has 1 aliphatic heterocycles. The van der Waals surface area contributed by atoms with E-state index < -0.39 is 11.7 Å². The Labute approximate surface area is 108 Å². The molecule has 3 nitrogen and oxygen atoms in total. The van der Waals surface area contributed by atoms with Crippen molar-refractivity contribution in [1.82, 2.24) is 9.78 Å². The Bertz CT molecular complexity index is 585. The highest BCUT2D eigenvalue weighted by Gasteiger charge is 2.31. The van der Waals surface area contributed by atoms with Gasteiger partial charge < -0.3 is 4.74 Å². The Hall–Kier alpha value is -1.56. The molecule has 0 amide bonds. The summed E-state index contributed by atoms with van der Waals surface area (Å²) in [6.07, 6.45) is -0.235. The van der Waals surface area contributed by atoms with Gasteiger partial charge in [-0.05, 0) is 31.4 Å². The molecule has 3 rings (SSSR count).